The number of amides is 2. The molecule has 1 saturated heterocycles. The van der Waals surface area contributed by atoms with Crippen molar-refractivity contribution in [1.29, 1.82) is 0 Å². The third-order valence-electron chi connectivity index (χ3n) is 5.40. The minimum atomic E-state index is -0.197. The summed E-state index contributed by atoms with van der Waals surface area (Å²) in [5, 5.41) is 9.00. The molecule has 1 aromatic carbocycles. The Morgan fingerprint density at radius 3 is 2.57 bits per heavy atom. The van der Waals surface area contributed by atoms with Gasteiger partial charge in [-0.25, -0.2) is 0 Å². The summed E-state index contributed by atoms with van der Waals surface area (Å²) in [4.78, 5) is 30.0. The molecule has 1 aliphatic rings. The fourth-order valence-corrected chi connectivity index (χ4v) is 4.19. The van der Waals surface area contributed by atoms with Gasteiger partial charge >= 0.3 is 0 Å². The van der Waals surface area contributed by atoms with Gasteiger partial charge in [0.05, 0.1) is 4.88 Å². The topological polar surface area (TPSA) is 70.5 Å². The van der Waals surface area contributed by atoms with Gasteiger partial charge in [-0.1, -0.05) is 30.3 Å². The Labute approximate surface area is 179 Å². The van der Waals surface area contributed by atoms with E-state index < -0.39 is 0 Å². The average molecular weight is 424 g/mol. The number of carbonyl (C=O) groups excluding carboxylic acids is 2. The van der Waals surface area contributed by atoms with Crippen LogP contribution in [0.4, 0.5) is 5.82 Å². The van der Waals surface area contributed by atoms with E-state index in [1.165, 1.54) is 27.1 Å². The highest BCUT2D eigenvalue weighted by atomic mass is 32.1. The fourth-order valence-electron chi connectivity index (χ4n) is 3.57. The number of carbonyl (C=O) groups is 2. The second kappa shape index (κ2) is 8.81. The molecule has 8 heteroatoms. The SMILES string of the molecule is Cc1ccccc1CN1CCN(C(=O)c2cc(NC(=O)c3cccs3)n(C)n2)CC1. The van der Waals surface area contributed by atoms with Crippen LogP contribution in [-0.2, 0) is 13.6 Å². The molecular weight excluding hydrogens is 398 g/mol. The normalized spacial score (nSPS) is 14.7. The zero-order chi connectivity index (χ0) is 21.1. The van der Waals surface area contributed by atoms with E-state index in [-0.39, 0.29) is 11.8 Å². The Balaban J connectivity index is 1.35. The zero-order valence-electron chi connectivity index (χ0n) is 17.2. The molecule has 1 fully saturated rings. The monoisotopic (exact) mass is 423 g/mol. The third kappa shape index (κ3) is 4.44. The van der Waals surface area contributed by atoms with Gasteiger partial charge in [-0.05, 0) is 29.5 Å². The lowest BCUT2D eigenvalue weighted by Gasteiger charge is -2.34. The van der Waals surface area contributed by atoms with Crippen LogP contribution in [0.25, 0.3) is 0 Å². The Kier molecular flexibility index (Phi) is 5.96. The summed E-state index contributed by atoms with van der Waals surface area (Å²) in [5.74, 6) is 0.213. The summed E-state index contributed by atoms with van der Waals surface area (Å²) in [6.45, 7) is 6.02. The highest BCUT2D eigenvalue weighted by Gasteiger charge is 2.25. The molecule has 0 spiro atoms. The molecule has 156 valence electrons. The van der Waals surface area contributed by atoms with E-state index in [0.29, 0.717) is 29.5 Å². The molecule has 1 N–H and O–H groups in total. The van der Waals surface area contributed by atoms with Gasteiger partial charge in [-0.2, -0.15) is 5.10 Å². The van der Waals surface area contributed by atoms with E-state index in [2.05, 4.69) is 46.5 Å². The molecule has 0 aliphatic carbocycles. The first-order valence-corrected chi connectivity index (χ1v) is 10.8. The van der Waals surface area contributed by atoms with Crippen molar-refractivity contribution in [2.45, 2.75) is 13.5 Å². The first-order chi connectivity index (χ1) is 14.5. The average Bonchev–Trinajstić information content (AvgIpc) is 3.40. The van der Waals surface area contributed by atoms with Crippen molar-refractivity contribution < 1.29 is 9.59 Å². The predicted octanol–water partition coefficient (Wildman–Crippen LogP) is 3.00. The van der Waals surface area contributed by atoms with Crippen molar-refractivity contribution in [3.63, 3.8) is 0 Å². The van der Waals surface area contributed by atoms with Crippen LogP contribution in [0, 0.1) is 6.92 Å². The van der Waals surface area contributed by atoms with Crippen LogP contribution < -0.4 is 5.32 Å². The van der Waals surface area contributed by atoms with Crippen LogP contribution in [0.5, 0.6) is 0 Å². The van der Waals surface area contributed by atoms with Crippen LogP contribution in [-0.4, -0.2) is 57.6 Å². The molecule has 3 aromatic rings. The molecule has 0 radical (unpaired) electrons. The van der Waals surface area contributed by atoms with Gasteiger partial charge in [0.1, 0.15) is 5.82 Å². The summed E-state index contributed by atoms with van der Waals surface area (Å²) >= 11 is 1.37. The quantitative estimate of drug-likeness (QED) is 0.685. The van der Waals surface area contributed by atoms with E-state index in [1.807, 2.05) is 16.3 Å². The maximum absolute atomic E-state index is 12.9. The summed E-state index contributed by atoms with van der Waals surface area (Å²) < 4.78 is 1.53. The largest absolute Gasteiger partial charge is 0.335 e. The van der Waals surface area contributed by atoms with Crippen molar-refractivity contribution in [2.24, 2.45) is 7.05 Å². The molecule has 2 amide bonds. The van der Waals surface area contributed by atoms with Gasteiger partial charge in [-0.3, -0.25) is 19.2 Å². The molecule has 2 aromatic heterocycles. The summed E-state index contributed by atoms with van der Waals surface area (Å²) in [7, 11) is 1.72. The number of hydrogen-bond acceptors (Lipinski definition) is 5. The van der Waals surface area contributed by atoms with Gasteiger partial charge < -0.3 is 10.2 Å². The zero-order valence-corrected chi connectivity index (χ0v) is 18.0. The number of hydrogen-bond donors (Lipinski definition) is 1. The molecule has 30 heavy (non-hydrogen) atoms. The number of piperazine rings is 1. The second-order valence-electron chi connectivity index (χ2n) is 7.46. The highest BCUT2D eigenvalue weighted by molar-refractivity contribution is 7.12. The Morgan fingerprint density at radius 2 is 1.87 bits per heavy atom. The van der Waals surface area contributed by atoms with Crippen molar-refractivity contribution >= 4 is 29.0 Å². The van der Waals surface area contributed by atoms with E-state index in [9.17, 15) is 9.59 Å². The van der Waals surface area contributed by atoms with Crippen LogP contribution in [0.3, 0.4) is 0 Å². The summed E-state index contributed by atoms with van der Waals surface area (Å²) in [5.41, 5.74) is 2.97. The van der Waals surface area contributed by atoms with Crippen molar-refractivity contribution in [1.82, 2.24) is 19.6 Å². The minimum absolute atomic E-state index is 0.0993. The lowest BCUT2D eigenvalue weighted by molar-refractivity contribution is 0.0621. The maximum atomic E-state index is 12.9. The van der Waals surface area contributed by atoms with Crippen LogP contribution in [0.15, 0.2) is 47.8 Å². The van der Waals surface area contributed by atoms with Gasteiger partial charge in [-0.15, -0.1) is 11.3 Å². The first kappa shape index (κ1) is 20.3. The molecule has 3 heterocycles. The standard InChI is InChI=1S/C22H25N5O2S/c1-16-6-3-4-7-17(16)15-26-9-11-27(12-10-26)22(29)18-14-20(25(2)24-18)23-21(28)19-8-5-13-30-19/h3-8,13-14H,9-12,15H2,1-2H3,(H,23,28). The lowest BCUT2D eigenvalue weighted by atomic mass is 10.1. The number of aryl methyl sites for hydroxylation is 2. The molecule has 7 nitrogen and oxygen atoms in total. The van der Waals surface area contributed by atoms with Crippen LogP contribution in [0.1, 0.15) is 31.3 Å². The Hall–Kier alpha value is -2.97. The van der Waals surface area contributed by atoms with Gasteiger partial charge in [0.15, 0.2) is 5.69 Å². The molecule has 4 rings (SSSR count). The molecule has 0 bridgehead atoms. The number of anilines is 1. The smallest absolute Gasteiger partial charge is 0.274 e. The molecular formula is C22H25N5O2S. The number of aromatic nitrogens is 2. The Bertz CT molecular complexity index is 1040. The van der Waals surface area contributed by atoms with Crippen molar-refractivity contribution in [3.05, 3.63) is 69.5 Å². The van der Waals surface area contributed by atoms with Crippen molar-refractivity contribution in [3.8, 4) is 0 Å². The van der Waals surface area contributed by atoms with E-state index in [4.69, 9.17) is 0 Å². The van der Waals surface area contributed by atoms with Gasteiger partial charge in [0, 0.05) is 45.8 Å². The predicted molar refractivity (Wildman–Crippen MR) is 118 cm³/mol. The van der Waals surface area contributed by atoms with Crippen LogP contribution in [0.2, 0.25) is 0 Å². The number of benzene rings is 1. The van der Waals surface area contributed by atoms with Crippen molar-refractivity contribution in [2.75, 3.05) is 31.5 Å². The Morgan fingerprint density at radius 1 is 1.10 bits per heavy atom. The summed E-state index contributed by atoms with van der Waals surface area (Å²) in [6.07, 6.45) is 0. The minimum Gasteiger partial charge on any atom is -0.335 e. The highest BCUT2D eigenvalue weighted by Crippen LogP contribution is 2.17. The molecule has 0 unspecified atom stereocenters. The van der Waals surface area contributed by atoms with Gasteiger partial charge in [0.25, 0.3) is 11.8 Å². The lowest BCUT2D eigenvalue weighted by Crippen LogP contribution is -2.48. The number of nitrogens with zero attached hydrogens (tertiary/aromatic N) is 4. The van der Waals surface area contributed by atoms with E-state index in [0.717, 1.165) is 19.6 Å². The van der Waals surface area contributed by atoms with E-state index >= 15 is 0 Å². The molecule has 0 atom stereocenters. The third-order valence-corrected chi connectivity index (χ3v) is 6.27. The number of rotatable bonds is 5. The second-order valence-corrected chi connectivity index (χ2v) is 8.41. The maximum Gasteiger partial charge on any atom is 0.274 e. The number of nitrogens with one attached hydrogen (secondary N) is 1. The molecule has 1 aliphatic heterocycles. The first-order valence-electron chi connectivity index (χ1n) is 9.96. The van der Waals surface area contributed by atoms with Crippen LogP contribution >= 0.6 is 11.3 Å². The van der Waals surface area contributed by atoms with E-state index in [1.54, 1.807) is 19.2 Å². The summed E-state index contributed by atoms with van der Waals surface area (Å²) in [6, 6.07) is 13.7. The van der Waals surface area contributed by atoms with Gasteiger partial charge in [0.2, 0.25) is 0 Å². The number of thiophene rings is 1. The molecule has 0 saturated carbocycles. The fraction of sp³-hybridized carbons (Fsp3) is 0.318.